The highest BCUT2D eigenvalue weighted by molar-refractivity contribution is 5.98. The number of Topliss-reactive ketones (excluding diaryl/α,β-unsaturated/α-hetero) is 1. The van der Waals surface area contributed by atoms with E-state index in [-0.39, 0.29) is 18.1 Å². The first-order chi connectivity index (χ1) is 6.69. The topological polar surface area (TPSA) is 72.5 Å². The zero-order chi connectivity index (χ0) is 10.6. The third-order valence-corrected chi connectivity index (χ3v) is 1.77. The van der Waals surface area contributed by atoms with Crippen LogP contribution in [-0.4, -0.2) is 24.0 Å². The van der Waals surface area contributed by atoms with Gasteiger partial charge in [-0.05, 0) is 25.1 Å². The number of rotatable bonds is 4. The average molecular weight is 195 g/mol. The fourth-order valence-electron chi connectivity index (χ4n) is 1.08. The first-order valence-electron chi connectivity index (χ1n) is 4.38. The first-order valence-corrected chi connectivity index (χ1v) is 4.38. The van der Waals surface area contributed by atoms with Crippen LogP contribution in [0.2, 0.25) is 0 Å². The van der Waals surface area contributed by atoms with Crippen LogP contribution in [0.25, 0.3) is 0 Å². The van der Waals surface area contributed by atoms with Gasteiger partial charge in [-0.25, -0.2) is 0 Å². The molecule has 0 aliphatic carbocycles. The van der Waals surface area contributed by atoms with E-state index in [9.17, 15) is 9.90 Å². The van der Waals surface area contributed by atoms with Gasteiger partial charge >= 0.3 is 0 Å². The molecule has 0 bridgehead atoms. The molecular weight excluding hydrogens is 182 g/mol. The summed E-state index contributed by atoms with van der Waals surface area (Å²) in [7, 11) is 0. The summed E-state index contributed by atoms with van der Waals surface area (Å²) in [4.78, 5) is 11.2. The zero-order valence-corrected chi connectivity index (χ0v) is 7.99. The van der Waals surface area contributed by atoms with Crippen LogP contribution in [0, 0.1) is 0 Å². The van der Waals surface area contributed by atoms with Crippen molar-refractivity contribution >= 4 is 5.78 Å². The van der Waals surface area contributed by atoms with Crippen LogP contribution in [-0.2, 0) is 0 Å². The summed E-state index contributed by atoms with van der Waals surface area (Å²) in [6.45, 7) is 2.20. The second-order valence-corrected chi connectivity index (χ2v) is 2.74. The second-order valence-electron chi connectivity index (χ2n) is 2.74. The maximum Gasteiger partial charge on any atom is 0.176 e. The van der Waals surface area contributed by atoms with Gasteiger partial charge in [0.2, 0.25) is 0 Å². The number of ether oxygens (including phenoxy) is 1. The van der Waals surface area contributed by atoms with Crippen molar-refractivity contribution in [1.82, 2.24) is 0 Å². The first kappa shape index (κ1) is 10.5. The Balaban J connectivity index is 2.99. The van der Waals surface area contributed by atoms with Gasteiger partial charge in [-0.2, -0.15) is 0 Å². The van der Waals surface area contributed by atoms with E-state index in [0.717, 1.165) is 0 Å². The van der Waals surface area contributed by atoms with E-state index in [1.54, 1.807) is 6.92 Å². The van der Waals surface area contributed by atoms with Crippen molar-refractivity contribution in [1.29, 1.82) is 0 Å². The molecule has 0 atom stereocenters. The minimum absolute atomic E-state index is 0.0282. The minimum atomic E-state index is -0.175. The molecule has 0 saturated heterocycles. The predicted molar refractivity (Wildman–Crippen MR) is 52.7 cm³/mol. The molecule has 0 radical (unpaired) electrons. The molecule has 1 aromatic rings. The van der Waals surface area contributed by atoms with Crippen LogP contribution < -0.4 is 10.5 Å². The standard InChI is InChI=1S/C10H13NO3/c1-2-14-10-5-7(9(13)6-11)3-4-8(10)12/h3-5,12H,2,6,11H2,1H3. The van der Waals surface area contributed by atoms with Crippen molar-refractivity contribution in [2.75, 3.05) is 13.2 Å². The monoisotopic (exact) mass is 195 g/mol. The zero-order valence-electron chi connectivity index (χ0n) is 7.99. The van der Waals surface area contributed by atoms with Gasteiger partial charge in [0.05, 0.1) is 13.2 Å². The van der Waals surface area contributed by atoms with E-state index >= 15 is 0 Å². The van der Waals surface area contributed by atoms with E-state index < -0.39 is 0 Å². The highest BCUT2D eigenvalue weighted by Gasteiger charge is 2.08. The van der Waals surface area contributed by atoms with Crippen LogP contribution >= 0.6 is 0 Å². The Kier molecular flexibility index (Phi) is 3.48. The van der Waals surface area contributed by atoms with Crippen molar-refractivity contribution in [2.45, 2.75) is 6.92 Å². The van der Waals surface area contributed by atoms with E-state index in [2.05, 4.69) is 0 Å². The fraction of sp³-hybridized carbons (Fsp3) is 0.300. The van der Waals surface area contributed by atoms with Crippen molar-refractivity contribution in [2.24, 2.45) is 5.73 Å². The molecule has 0 aliphatic heterocycles. The molecule has 4 heteroatoms. The Hall–Kier alpha value is -1.55. The number of hydrogen-bond donors (Lipinski definition) is 2. The van der Waals surface area contributed by atoms with Gasteiger partial charge in [0.1, 0.15) is 0 Å². The summed E-state index contributed by atoms with van der Waals surface area (Å²) < 4.78 is 5.13. The molecule has 3 N–H and O–H groups in total. The van der Waals surface area contributed by atoms with Crippen molar-refractivity contribution < 1.29 is 14.6 Å². The Morgan fingerprint density at radius 3 is 2.86 bits per heavy atom. The average Bonchev–Trinajstić information content (AvgIpc) is 2.20. The Morgan fingerprint density at radius 2 is 2.29 bits per heavy atom. The highest BCUT2D eigenvalue weighted by Crippen LogP contribution is 2.26. The summed E-state index contributed by atoms with van der Waals surface area (Å²) in [5.41, 5.74) is 5.67. The molecule has 1 aromatic carbocycles. The molecular formula is C10H13NO3. The highest BCUT2D eigenvalue weighted by atomic mass is 16.5. The largest absolute Gasteiger partial charge is 0.504 e. The Morgan fingerprint density at radius 1 is 1.57 bits per heavy atom. The molecule has 0 aliphatic rings. The molecule has 1 rings (SSSR count). The number of aromatic hydroxyl groups is 1. The lowest BCUT2D eigenvalue weighted by atomic mass is 10.1. The molecule has 0 aromatic heterocycles. The van der Waals surface area contributed by atoms with Crippen molar-refractivity contribution in [3.63, 3.8) is 0 Å². The number of phenolic OH excluding ortho intramolecular Hbond substituents is 1. The molecule has 0 fully saturated rings. The van der Waals surface area contributed by atoms with E-state index in [0.29, 0.717) is 17.9 Å². The van der Waals surface area contributed by atoms with Crippen LogP contribution in [0.3, 0.4) is 0 Å². The van der Waals surface area contributed by atoms with Crippen LogP contribution in [0.4, 0.5) is 0 Å². The Bertz CT molecular complexity index is 336. The summed E-state index contributed by atoms with van der Waals surface area (Å²) in [6.07, 6.45) is 0. The number of nitrogens with two attached hydrogens (primary N) is 1. The van der Waals surface area contributed by atoms with Gasteiger partial charge < -0.3 is 15.6 Å². The molecule has 0 spiro atoms. The fourth-order valence-corrected chi connectivity index (χ4v) is 1.08. The molecule has 0 saturated carbocycles. The number of benzene rings is 1. The molecule has 4 nitrogen and oxygen atoms in total. The van der Waals surface area contributed by atoms with Crippen LogP contribution in [0.15, 0.2) is 18.2 Å². The van der Waals surface area contributed by atoms with Crippen LogP contribution in [0.1, 0.15) is 17.3 Å². The normalized spacial score (nSPS) is 9.86. The molecule has 0 unspecified atom stereocenters. The minimum Gasteiger partial charge on any atom is -0.504 e. The number of phenols is 1. The maximum absolute atomic E-state index is 11.2. The van der Waals surface area contributed by atoms with E-state index in [4.69, 9.17) is 10.5 Å². The van der Waals surface area contributed by atoms with Gasteiger partial charge in [0.25, 0.3) is 0 Å². The molecule has 76 valence electrons. The smallest absolute Gasteiger partial charge is 0.176 e. The van der Waals surface area contributed by atoms with Gasteiger partial charge in [0.15, 0.2) is 17.3 Å². The summed E-state index contributed by atoms with van der Waals surface area (Å²) >= 11 is 0. The Labute approximate surface area is 82.3 Å². The van der Waals surface area contributed by atoms with Gasteiger partial charge in [-0.3, -0.25) is 4.79 Å². The van der Waals surface area contributed by atoms with Gasteiger partial charge in [-0.1, -0.05) is 0 Å². The predicted octanol–water partition coefficient (Wildman–Crippen LogP) is 0.932. The summed E-state index contributed by atoms with van der Waals surface area (Å²) in [6, 6.07) is 4.44. The maximum atomic E-state index is 11.2. The second kappa shape index (κ2) is 4.62. The van der Waals surface area contributed by atoms with E-state index in [1.807, 2.05) is 0 Å². The molecule has 14 heavy (non-hydrogen) atoms. The number of ketones is 1. The number of carbonyl (C=O) groups excluding carboxylic acids is 1. The van der Waals surface area contributed by atoms with Crippen molar-refractivity contribution in [3.8, 4) is 11.5 Å². The van der Waals surface area contributed by atoms with Crippen molar-refractivity contribution in [3.05, 3.63) is 23.8 Å². The third-order valence-electron chi connectivity index (χ3n) is 1.77. The quantitative estimate of drug-likeness (QED) is 0.701. The van der Waals surface area contributed by atoms with E-state index in [1.165, 1.54) is 18.2 Å². The van der Waals surface area contributed by atoms with Gasteiger partial charge in [0, 0.05) is 5.56 Å². The lowest BCUT2D eigenvalue weighted by Gasteiger charge is -2.06. The SMILES string of the molecule is CCOc1cc(C(=O)CN)ccc1O. The molecule has 0 amide bonds. The molecule has 0 heterocycles. The summed E-state index contributed by atoms with van der Waals surface area (Å²) in [5.74, 6) is 0.165. The number of carbonyl (C=O) groups is 1. The number of hydrogen-bond acceptors (Lipinski definition) is 4. The summed E-state index contributed by atoms with van der Waals surface area (Å²) in [5, 5.41) is 9.35. The third kappa shape index (κ3) is 2.23. The lowest BCUT2D eigenvalue weighted by molar-refractivity contribution is 0.100. The van der Waals surface area contributed by atoms with Crippen LogP contribution in [0.5, 0.6) is 11.5 Å². The van der Waals surface area contributed by atoms with Gasteiger partial charge in [-0.15, -0.1) is 0 Å². The lowest BCUT2D eigenvalue weighted by Crippen LogP contribution is -2.13.